The monoisotopic (exact) mass is 445 g/mol. The van der Waals surface area contributed by atoms with Gasteiger partial charge in [-0.25, -0.2) is 9.37 Å². The highest BCUT2D eigenvalue weighted by Gasteiger charge is 2.18. The summed E-state index contributed by atoms with van der Waals surface area (Å²) in [4.78, 5) is 17.6. The minimum atomic E-state index is -0.326. The minimum absolute atomic E-state index is 0.258. The third kappa shape index (κ3) is 4.27. The maximum Gasteiger partial charge on any atom is 0.260 e. The van der Waals surface area contributed by atoms with E-state index in [1.165, 1.54) is 12.1 Å². The highest BCUT2D eigenvalue weighted by atomic mass is 19.1. The number of halogens is 1. The molecule has 1 atom stereocenters. The smallest absolute Gasteiger partial charge is 0.260 e. The number of hydrazone groups is 1. The first-order valence-electron chi connectivity index (χ1n) is 10.4. The zero-order chi connectivity index (χ0) is 23.5. The molecular formula is C25H24FN5O2. The van der Waals surface area contributed by atoms with Gasteiger partial charge >= 0.3 is 0 Å². The van der Waals surface area contributed by atoms with Gasteiger partial charge in [-0.05, 0) is 55.8 Å². The average Bonchev–Trinajstić information content (AvgIpc) is 3.26. The van der Waals surface area contributed by atoms with E-state index in [1.807, 2.05) is 36.7 Å². The molecule has 0 aliphatic rings. The van der Waals surface area contributed by atoms with Crippen LogP contribution in [0.4, 0.5) is 4.39 Å². The van der Waals surface area contributed by atoms with E-state index in [9.17, 15) is 9.18 Å². The molecule has 7 nitrogen and oxygen atoms in total. The van der Waals surface area contributed by atoms with E-state index in [1.54, 1.807) is 54.5 Å². The molecule has 2 aromatic carbocycles. The molecule has 2 aromatic heterocycles. The maximum absolute atomic E-state index is 13.4. The summed E-state index contributed by atoms with van der Waals surface area (Å²) in [6.07, 6.45) is 5.29. The second-order valence-corrected chi connectivity index (χ2v) is 7.65. The van der Waals surface area contributed by atoms with Gasteiger partial charge in [0.15, 0.2) is 0 Å². The molecule has 0 spiro atoms. The molecule has 1 unspecified atom stereocenters. The van der Waals surface area contributed by atoms with Crippen LogP contribution in [0.5, 0.6) is 5.75 Å². The lowest BCUT2D eigenvalue weighted by Gasteiger charge is -2.17. The number of imidazole rings is 1. The first kappa shape index (κ1) is 22.0. The molecule has 0 radical (unpaired) electrons. The number of pyridine rings is 1. The van der Waals surface area contributed by atoms with Gasteiger partial charge in [-0.15, -0.1) is 0 Å². The van der Waals surface area contributed by atoms with Crippen molar-refractivity contribution in [1.29, 1.82) is 0 Å². The summed E-state index contributed by atoms with van der Waals surface area (Å²) in [6.45, 7) is 3.78. The molecule has 2 heterocycles. The zero-order valence-electron chi connectivity index (χ0n) is 18.6. The van der Waals surface area contributed by atoms with Crippen LogP contribution in [0.25, 0.3) is 5.69 Å². The molecule has 8 heteroatoms. The van der Waals surface area contributed by atoms with Gasteiger partial charge in [0.05, 0.1) is 36.4 Å². The number of ether oxygens (including phenoxy) is 1. The lowest BCUT2D eigenvalue weighted by atomic mass is 10.0. The van der Waals surface area contributed by atoms with Gasteiger partial charge in [0.25, 0.3) is 5.56 Å². The van der Waals surface area contributed by atoms with Crippen molar-refractivity contribution in [2.24, 2.45) is 10.9 Å². The van der Waals surface area contributed by atoms with Crippen LogP contribution in [0, 0.1) is 12.7 Å². The minimum Gasteiger partial charge on any atom is -0.495 e. The summed E-state index contributed by atoms with van der Waals surface area (Å²) in [5, 5.41) is 3.94. The van der Waals surface area contributed by atoms with Crippen LogP contribution in [0.2, 0.25) is 0 Å². The fraction of sp³-hybridized carbons (Fsp3) is 0.160. The lowest BCUT2D eigenvalue weighted by molar-refractivity contribution is 0.413. The van der Waals surface area contributed by atoms with Crippen molar-refractivity contribution in [1.82, 2.24) is 14.1 Å². The molecule has 0 aliphatic carbocycles. The number of methoxy groups -OCH3 is 1. The Labute approximate surface area is 190 Å². The number of hydrogen-bond acceptors (Lipinski definition) is 5. The number of nitrogens with two attached hydrogens (primary N) is 1. The molecule has 0 amide bonds. The van der Waals surface area contributed by atoms with E-state index in [0.717, 1.165) is 16.9 Å². The number of hydrogen-bond donors (Lipinski definition) is 1. The molecule has 0 fully saturated rings. The first-order valence-corrected chi connectivity index (χ1v) is 10.4. The predicted octanol–water partition coefficient (Wildman–Crippen LogP) is 3.81. The second kappa shape index (κ2) is 9.12. The van der Waals surface area contributed by atoms with Gasteiger partial charge in [0, 0.05) is 18.0 Å². The molecule has 0 saturated heterocycles. The number of benzene rings is 2. The third-order valence-corrected chi connectivity index (χ3v) is 5.57. The summed E-state index contributed by atoms with van der Waals surface area (Å²) < 4.78 is 22.3. The van der Waals surface area contributed by atoms with Gasteiger partial charge in [-0.2, -0.15) is 5.10 Å². The van der Waals surface area contributed by atoms with Crippen molar-refractivity contribution in [2.75, 3.05) is 7.11 Å². The summed E-state index contributed by atoms with van der Waals surface area (Å²) in [7, 11) is 1.57. The molecule has 2 N–H and O–H groups in total. The fourth-order valence-electron chi connectivity index (χ4n) is 3.79. The van der Waals surface area contributed by atoms with Crippen molar-refractivity contribution in [3.05, 3.63) is 112 Å². The summed E-state index contributed by atoms with van der Waals surface area (Å²) in [5.41, 5.74) is 3.56. The van der Waals surface area contributed by atoms with Crippen molar-refractivity contribution < 1.29 is 9.13 Å². The molecule has 0 saturated carbocycles. The Morgan fingerprint density at radius 1 is 1.18 bits per heavy atom. The number of aryl methyl sites for hydroxylation is 1. The lowest BCUT2D eigenvalue weighted by Crippen LogP contribution is -2.29. The van der Waals surface area contributed by atoms with Crippen LogP contribution in [-0.4, -0.2) is 26.9 Å². The van der Waals surface area contributed by atoms with Gasteiger partial charge in [-0.1, -0.05) is 18.2 Å². The second-order valence-electron chi connectivity index (χ2n) is 7.65. The van der Waals surface area contributed by atoms with E-state index in [-0.39, 0.29) is 17.4 Å². The van der Waals surface area contributed by atoms with Crippen molar-refractivity contribution in [2.45, 2.75) is 19.9 Å². The van der Waals surface area contributed by atoms with Crippen LogP contribution >= 0.6 is 0 Å². The molecular weight excluding hydrogens is 421 g/mol. The standard InChI is InChI=1S/C25H24FN5O2/c1-16-14-30(15-28-16)22-11-8-19(13-23(22)33-3)24(29-27)21-5-4-12-31(25(21)32)17(2)18-6-9-20(26)10-7-18/h4-15,17H,27H2,1-3H3/b29-24+. The molecule has 4 aromatic rings. The number of aromatic nitrogens is 3. The average molecular weight is 445 g/mol. The van der Waals surface area contributed by atoms with E-state index >= 15 is 0 Å². The van der Waals surface area contributed by atoms with Crippen molar-refractivity contribution in [3.8, 4) is 11.4 Å². The van der Waals surface area contributed by atoms with E-state index in [4.69, 9.17) is 10.6 Å². The van der Waals surface area contributed by atoms with Gasteiger partial charge in [-0.3, -0.25) is 4.79 Å². The molecule has 4 rings (SSSR count). The molecule has 0 aliphatic heterocycles. The van der Waals surface area contributed by atoms with E-state index in [0.29, 0.717) is 22.6 Å². The third-order valence-electron chi connectivity index (χ3n) is 5.57. The van der Waals surface area contributed by atoms with Crippen LogP contribution in [0.15, 0.2) is 83.2 Å². The Balaban J connectivity index is 1.75. The SMILES string of the molecule is COc1cc(/C(=N\N)c2cccn(C(C)c3ccc(F)cc3)c2=O)ccc1-n1cnc(C)c1. The number of nitrogens with zero attached hydrogens (tertiary/aromatic N) is 4. The van der Waals surface area contributed by atoms with Gasteiger partial charge < -0.3 is 19.7 Å². The van der Waals surface area contributed by atoms with Crippen LogP contribution < -0.4 is 16.1 Å². The molecule has 168 valence electrons. The zero-order valence-corrected chi connectivity index (χ0v) is 18.6. The summed E-state index contributed by atoms with van der Waals surface area (Å²) in [6, 6.07) is 14.7. The Morgan fingerprint density at radius 3 is 2.58 bits per heavy atom. The van der Waals surface area contributed by atoms with Gasteiger partial charge in [0.1, 0.15) is 17.3 Å². The Morgan fingerprint density at radius 2 is 1.94 bits per heavy atom. The molecule has 33 heavy (non-hydrogen) atoms. The highest BCUT2D eigenvalue weighted by molar-refractivity contribution is 6.12. The topological polar surface area (TPSA) is 87.4 Å². The normalized spacial score (nSPS) is 12.5. The van der Waals surface area contributed by atoms with Crippen LogP contribution in [0.1, 0.15) is 35.3 Å². The summed E-state index contributed by atoms with van der Waals surface area (Å²) in [5.74, 6) is 6.00. The molecule has 0 bridgehead atoms. The maximum atomic E-state index is 13.4. The summed E-state index contributed by atoms with van der Waals surface area (Å²) >= 11 is 0. The van der Waals surface area contributed by atoms with Crippen molar-refractivity contribution >= 4 is 5.71 Å². The van der Waals surface area contributed by atoms with Crippen LogP contribution in [-0.2, 0) is 0 Å². The Hall–Kier alpha value is -4.20. The van der Waals surface area contributed by atoms with Crippen LogP contribution in [0.3, 0.4) is 0 Å². The predicted molar refractivity (Wildman–Crippen MR) is 126 cm³/mol. The van der Waals surface area contributed by atoms with E-state index in [2.05, 4.69) is 10.1 Å². The Bertz CT molecular complexity index is 1370. The van der Waals surface area contributed by atoms with E-state index < -0.39 is 0 Å². The largest absolute Gasteiger partial charge is 0.495 e. The highest BCUT2D eigenvalue weighted by Crippen LogP contribution is 2.26. The fourth-order valence-corrected chi connectivity index (χ4v) is 3.79. The number of rotatable bonds is 6. The van der Waals surface area contributed by atoms with Gasteiger partial charge in [0.2, 0.25) is 0 Å². The Kier molecular flexibility index (Phi) is 6.08. The quantitative estimate of drug-likeness (QED) is 0.278. The van der Waals surface area contributed by atoms with Crippen molar-refractivity contribution in [3.63, 3.8) is 0 Å². The first-order chi connectivity index (χ1) is 15.9.